The molecule has 0 spiro atoms. The molecule has 0 radical (unpaired) electrons. The number of aryl methyl sites for hydroxylation is 1. The van der Waals surface area contributed by atoms with Gasteiger partial charge in [-0.25, -0.2) is 0 Å². The molecule has 2 rings (SSSR count). The predicted molar refractivity (Wildman–Crippen MR) is 113 cm³/mol. The summed E-state index contributed by atoms with van der Waals surface area (Å²) in [6.07, 6.45) is 0. The first-order valence-electron chi connectivity index (χ1n) is 9.15. The van der Waals surface area contributed by atoms with E-state index in [-0.39, 0.29) is 11.3 Å². The number of rotatable bonds is 7. The lowest BCUT2D eigenvalue weighted by atomic mass is 9.87. The Balaban J connectivity index is 1.84. The van der Waals surface area contributed by atoms with Crippen LogP contribution in [0.2, 0.25) is 0 Å². The molecule has 5 heteroatoms. The molecular weight excluding hydrogens is 358 g/mol. The number of hydrogen-bond acceptors (Lipinski definition) is 3. The van der Waals surface area contributed by atoms with Gasteiger partial charge in [0.1, 0.15) is 11.0 Å². The van der Waals surface area contributed by atoms with Crippen molar-refractivity contribution in [1.29, 1.82) is 0 Å². The Morgan fingerprint density at radius 2 is 1.81 bits per heavy atom. The van der Waals surface area contributed by atoms with E-state index in [9.17, 15) is 9.00 Å². The summed E-state index contributed by atoms with van der Waals surface area (Å²) in [7, 11) is -1.30. The van der Waals surface area contributed by atoms with E-state index < -0.39 is 16.0 Å². The second-order valence-corrected chi connectivity index (χ2v) is 9.59. The van der Waals surface area contributed by atoms with E-state index in [1.165, 1.54) is 5.56 Å². The van der Waals surface area contributed by atoms with Crippen LogP contribution in [0.5, 0.6) is 5.75 Å². The lowest BCUT2D eigenvalue weighted by molar-refractivity contribution is -0.115. The lowest BCUT2D eigenvalue weighted by Gasteiger charge is -2.19. The molecule has 0 heterocycles. The molecule has 27 heavy (non-hydrogen) atoms. The molecule has 2 aromatic rings. The highest BCUT2D eigenvalue weighted by Crippen LogP contribution is 2.23. The number of hydrogen-bond donors (Lipinski definition) is 1. The zero-order valence-electron chi connectivity index (χ0n) is 16.7. The van der Waals surface area contributed by atoms with Crippen LogP contribution in [0.15, 0.2) is 48.5 Å². The maximum absolute atomic E-state index is 12.4. The molecule has 0 aliphatic rings. The van der Waals surface area contributed by atoms with Crippen LogP contribution >= 0.6 is 0 Å². The molecule has 0 saturated carbocycles. The molecule has 2 aromatic carbocycles. The number of benzene rings is 2. The molecule has 2 atom stereocenters. The molecule has 0 fully saturated rings. The average Bonchev–Trinajstić information content (AvgIpc) is 2.60. The van der Waals surface area contributed by atoms with Gasteiger partial charge in [-0.15, -0.1) is 0 Å². The van der Waals surface area contributed by atoms with Gasteiger partial charge in [0.15, 0.2) is 0 Å². The van der Waals surface area contributed by atoms with Gasteiger partial charge in [-0.2, -0.15) is 0 Å². The second kappa shape index (κ2) is 9.18. The Labute approximate surface area is 164 Å². The Bertz CT molecular complexity index is 794. The fourth-order valence-corrected chi connectivity index (χ4v) is 3.44. The van der Waals surface area contributed by atoms with Gasteiger partial charge in [-0.05, 0) is 54.7 Å². The van der Waals surface area contributed by atoms with Gasteiger partial charge < -0.3 is 10.1 Å². The quantitative estimate of drug-likeness (QED) is 0.764. The highest BCUT2D eigenvalue weighted by molar-refractivity contribution is 7.86. The minimum absolute atomic E-state index is 0.0641. The number of ether oxygens (including phenoxy) is 1. The summed E-state index contributed by atoms with van der Waals surface area (Å²) in [5.74, 6) is 0.821. The van der Waals surface area contributed by atoms with Crippen LogP contribution < -0.4 is 10.1 Å². The van der Waals surface area contributed by atoms with Gasteiger partial charge in [0.2, 0.25) is 5.91 Å². The van der Waals surface area contributed by atoms with Crippen molar-refractivity contribution in [2.75, 3.05) is 17.7 Å². The van der Waals surface area contributed by atoms with Crippen LogP contribution in [-0.4, -0.2) is 27.7 Å². The van der Waals surface area contributed by atoms with E-state index in [2.05, 4.69) is 26.1 Å². The summed E-state index contributed by atoms with van der Waals surface area (Å²) >= 11 is 0. The van der Waals surface area contributed by atoms with Crippen molar-refractivity contribution in [3.05, 3.63) is 59.7 Å². The summed E-state index contributed by atoms with van der Waals surface area (Å²) in [5.41, 5.74) is 3.09. The van der Waals surface area contributed by atoms with Gasteiger partial charge in [0, 0.05) is 16.5 Å². The first-order chi connectivity index (χ1) is 12.7. The molecule has 0 unspecified atom stereocenters. The molecule has 0 aromatic heterocycles. The first-order valence-corrected chi connectivity index (χ1v) is 10.5. The van der Waals surface area contributed by atoms with Crippen LogP contribution in [-0.2, 0) is 21.0 Å². The van der Waals surface area contributed by atoms with Crippen molar-refractivity contribution in [3.8, 4) is 5.75 Å². The van der Waals surface area contributed by atoms with Gasteiger partial charge in [-0.3, -0.25) is 9.00 Å². The van der Waals surface area contributed by atoms with Crippen LogP contribution in [0.25, 0.3) is 0 Å². The highest BCUT2D eigenvalue weighted by Gasteiger charge is 2.20. The van der Waals surface area contributed by atoms with Crippen LogP contribution in [0.4, 0.5) is 5.69 Å². The third-order valence-electron chi connectivity index (χ3n) is 4.32. The van der Waals surface area contributed by atoms with Crippen LogP contribution in [0, 0.1) is 6.92 Å². The molecule has 0 aliphatic heterocycles. The van der Waals surface area contributed by atoms with Gasteiger partial charge in [0.25, 0.3) is 0 Å². The predicted octanol–water partition coefficient (Wildman–Crippen LogP) is 4.45. The van der Waals surface area contributed by atoms with E-state index in [0.717, 1.165) is 11.3 Å². The van der Waals surface area contributed by atoms with Crippen molar-refractivity contribution in [3.63, 3.8) is 0 Å². The molecular formula is C22H29NO3S. The van der Waals surface area contributed by atoms with Crippen molar-refractivity contribution in [2.45, 2.75) is 45.3 Å². The van der Waals surface area contributed by atoms with Crippen LogP contribution in [0.1, 0.15) is 38.8 Å². The standard InChI is InChI=1S/C22H29NO3S/c1-16-7-6-8-20(15-16)26-13-14-27(25)17(2)21(24)23-19-11-9-18(10-12-19)22(3,4)5/h6-12,15,17H,13-14H2,1-5H3,(H,23,24)/t17-,27+/m1/s1. The first kappa shape index (κ1) is 21.2. The van der Waals surface area contributed by atoms with E-state index in [0.29, 0.717) is 18.0 Å². The SMILES string of the molecule is Cc1cccc(OCC[S@](=O)[C@H](C)C(=O)Nc2ccc(C(C)(C)C)cc2)c1. The minimum atomic E-state index is -1.30. The number of amides is 1. The summed E-state index contributed by atoms with van der Waals surface area (Å²) in [5, 5.41) is 2.24. The van der Waals surface area contributed by atoms with Crippen LogP contribution in [0.3, 0.4) is 0 Å². The number of anilines is 1. The van der Waals surface area contributed by atoms with Gasteiger partial charge >= 0.3 is 0 Å². The zero-order chi connectivity index (χ0) is 20.0. The normalized spacial score (nSPS) is 13.7. The molecule has 4 nitrogen and oxygen atoms in total. The van der Waals surface area contributed by atoms with Crippen molar-refractivity contribution in [1.82, 2.24) is 0 Å². The molecule has 0 aliphatic carbocycles. The Hall–Kier alpha value is -2.14. The Morgan fingerprint density at radius 1 is 1.15 bits per heavy atom. The highest BCUT2D eigenvalue weighted by atomic mass is 32.2. The molecule has 0 saturated heterocycles. The molecule has 0 bridgehead atoms. The summed E-state index contributed by atoms with van der Waals surface area (Å²) in [6.45, 7) is 10.4. The molecule has 1 amide bonds. The minimum Gasteiger partial charge on any atom is -0.493 e. The Kier molecular flexibility index (Phi) is 7.19. The lowest BCUT2D eigenvalue weighted by Crippen LogP contribution is -2.31. The maximum Gasteiger partial charge on any atom is 0.239 e. The fraction of sp³-hybridized carbons (Fsp3) is 0.409. The average molecular weight is 388 g/mol. The number of nitrogens with one attached hydrogen (secondary N) is 1. The summed E-state index contributed by atoms with van der Waals surface area (Å²) in [6, 6.07) is 15.5. The van der Waals surface area contributed by atoms with E-state index in [1.807, 2.05) is 55.5 Å². The van der Waals surface area contributed by atoms with E-state index >= 15 is 0 Å². The summed E-state index contributed by atoms with van der Waals surface area (Å²) in [4.78, 5) is 12.4. The van der Waals surface area contributed by atoms with E-state index in [1.54, 1.807) is 6.92 Å². The van der Waals surface area contributed by atoms with Crippen molar-refractivity contribution < 1.29 is 13.7 Å². The smallest absolute Gasteiger partial charge is 0.239 e. The molecule has 1 N–H and O–H groups in total. The fourth-order valence-electron chi connectivity index (χ4n) is 2.54. The third-order valence-corrected chi connectivity index (χ3v) is 5.90. The van der Waals surface area contributed by atoms with Gasteiger partial charge in [-0.1, -0.05) is 45.0 Å². The third kappa shape index (κ3) is 6.51. The monoisotopic (exact) mass is 387 g/mol. The number of carbonyl (C=O) groups excluding carboxylic acids is 1. The zero-order valence-corrected chi connectivity index (χ0v) is 17.6. The largest absolute Gasteiger partial charge is 0.493 e. The molecule has 146 valence electrons. The van der Waals surface area contributed by atoms with Crippen molar-refractivity contribution >= 4 is 22.4 Å². The van der Waals surface area contributed by atoms with Gasteiger partial charge in [0.05, 0.1) is 12.4 Å². The summed E-state index contributed by atoms with van der Waals surface area (Å²) < 4.78 is 18.0. The Morgan fingerprint density at radius 3 is 2.41 bits per heavy atom. The van der Waals surface area contributed by atoms with Crippen molar-refractivity contribution in [2.24, 2.45) is 0 Å². The van der Waals surface area contributed by atoms with E-state index in [4.69, 9.17) is 4.74 Å². The second-order valence-electron chi connectivity index (χ2n) is 7.71. The maximum atomic E-state index is 12.4. The number of carbonyl (C=O) groups is 1. The topological polar surface area (TPSA) is 55.4 Å².